The van der Waals surface area contributed by atoms with Gasteiger partial charge in [0, 0.05) is 25.0 Å². The Morgan fingerprint density at radius 3 is 0.984 bits per heavy atom. The van der Waals surface area contributed by atoms with Crippen LogP contribution in [0.2, 0.25) is 0 Å². The summed E-state index contributed by atoms with van der Waals surface area (Å²) in [5.74, 6) is 4.41. The molecule has 0 aromatic heterocycles. The summed E-state index contributed by atoms with van der Waals surface area (Å²) in [6.07, 6.45) is 71.3. The van der Waals surface area contributed by atoms with Crippen LogP contribution < -0.4 is 0 Å². The van der Waals surface area contributed by atoms with Crippen LogP contribution in [0.1, 0.15) is 295 Å². The van der Waals surface area contributed by atoms with Crippen LogP contribution in [0.3, 0.4) is 0 Å². The topological polar surface area (TPSA) is 217 Å². The first-order chi connectivity index (χ1) is 57.6. The van der Waals surface area contributed by atoms with Gasteiger partial charge < -0.3 is 20.4 Å². The molecule has 0 aromatic carbocycles. The van der Waals surface area contributed by atoms with Gasteiger partial charge in [0.1, 0.15) is 0 Å². The molecule has 0 aliphatic heterocycles. The van der Waals surface area contributed by atoms with E-state index in [9.17, 15) is 62.9 Å². The Labute approximate surface area is 749 Å². The molecule has 0 aromatic rings. The highest BCUT2D eigenvalue weighted by Crippen LogP contribution is 2.64. The van der Waals surface area contributed by atoms with E-state index in [4.69, 9.17) is 0 Å². The molecule has 12 nitrogen and oxygen atoms in total. The molecule has 0 spiro atoms. The third-order valence-corrected chi connectivity index (χ3v) is 40.9. The van der Waals surface area contributed by atoms with Crippen LogP contribution in [0, 0.1) is 86.8 Å². The average Bonchev–Trinajstić information content (AvgIpc) is 1.61. The van der Waals surface area contributed by atoms with Crippen molar-refractivity contribution in [1.82, 2.24) is 0 Å². The number of halogens is 2. The fraction of sp³-hybridized carbons (Fsp3) is 0.679. The van der Waals surface area contributed by atoms with E-state index in [0.29, 0.717) is 60.2 Å². The molecule has 13 aliphatic rings. The zero-order valence-corrected chi connectivity index (χ0v) is 81.8. The maximum Gasteiger partial charge on any atom is 0.225 e. The molecule has 692 valence electrons. The molecule has 0 heterocycles. The van der Waals surface area contributed by atoms with Gasteiger partial charge in [-0.2, -0.15) is 0 Å². The van der Waals surface area contributed by atoms with E-state index < -0.39 is 58.8 Å². The molecule has 18 heteroatoms. The van der Waals surface area contributed by atoms with Crippen molar-refractivity contribution in [1.29, 1.82) is 0 Å². The lowest BCUT2D eigenvalue weighted by atomic mass is 9.61. The number of hydrogen-bond acceptors (Lipinski definition) is 12. The summed E-state index contributed by atoms with van der Waals surface area (Å²) < 4.78 is 123. The summed E-state index contributed by atoms with van der Waals surface area (Å²) in [7, 11) is -13.7. The Hall–Kier alpha value is -4.92. The average molecular weight is 1790 g/mol. The van der Waals surface area contributed by atoms with Crippen LogP contribution in [-0.4, -0.2) is 123 Å². The van der Waals surface area contributed by atoms with Gasteiger partial charge in [-0.25, -0.2) is 42.5 Å². The summed E-state index contributed by atoms with van der Waals surface area (Å²) in [6.45, 7) is 40.9. The van der Waals surface area contributed by atoms with Crippen LogP contribution in [-0.2, 0) is 39.3 Å². The predicted octanol–water partition coefficient (Wildman–Crippen LogP) is 24.2. The first-order valence-corrected chi connectivity index (χ1v) is 54.8. The number of sulfone groups is 4. The number of hydrogen-bond donors (Lipinski definition) is 4. The van der Waals surface area contributed by atoms with E-state index >= 15 is 0 Å². The minimum Gasteiger partial charge on any atom is -0.393 e. The summed E-state index contributed by atoms with van der Waals surface area (Å²) in [6, 6.07) is 0. The highest BCUT2D eigenvalue weighted by atomic mass is 32.2. The molecule has 0 amide bonds. The van der Waals surface area contributed by atoms with E-state index in [1.54, 1.807) is 31.6 Å². The monoisotopic (exact) mass is 1790 g/mol. The maximum atomic E-state index is 14.6. The van der Waals surface area contributed by atoms with Crippen LogP contribution in [0.15, 0.2) is 202 Å². The number of alkyl halides is 2. The standard InChI is InChI=1S/C27H38O3S.C27H42O3S.2C26H39FO3S/c1-19-7-10-23(28)18-22(19)9-8-21-6-5-14-26(3)24(11-12-25(21)26)20(2)13-15-27(16-17-27)31(4,29)30;1-19-9-12-23(28)18-22(19)11-10-21-8-7-16-27(5)24(13-14-25(21)27)20(2)15-17-26(3,4)31(6,29)30;2*1-18-8-11-22(28)17-21(18)10-9-20-7-6-15-25(3)23(12-13-24(20)25)19(2)14-16-26(4,27)31(5,29)30/h8-9,11,13,15,20,23,25,28H,1,5-7,10,12,14,16-18H2,2-4H3;10-11,15,17,20,23-25,28H,1,7-9,12-14,16,18H2,2-6H3;2*9-10,14,16,19,22-24,28H,1,6-8,11-13,15,17H2,2-5H3/b15-13+,21-8+,22-9-;17-15+,21-10+,22-11-;2*16-14+,20-9+,21-10-/t20-,23+,25+,26-;20?,23-,24?,25-,27+;19?,22-,23?,24-,25+,26+;19?,22-,23?,24-,25+,26-/m1000/s1. The van der Waals surface area contributed by atoms with Crippen molar-refractivity contribution in [3.63, 3.8) is 0 Å². The van der Waals surface area contributed by atoms with Gasteiger partial charge in [-0.15, -0.1) is 0 Å². The highest BCUT2D eigenvalue weighted by Gasteiger charge is 2.55. The minimum absolute atomic E-state index is 0.123. The van der Waals surface area contributed by atoms with Gasteiger partial charge in [-0.05, 0) is 361 Å². The van der Waals surface area contributed by atoms with E-state index in [1.165, 1.54) is 119 Å². The summed E-state index contributed by atoms with van der Waals surface area (Å²) in [5, 5.41) is 35.4. The van der Waals surface area contributed by atoms with Crippen molar-refractivity contribution in [2.24, 2.45) is 86.8 Å². The lowest BCUT2D eigenvalue weighted by molar-refractivity contribution is 0.112. The third kappa shape index (κ3) is 23.3. The molecule has 4 N–H and O–H groups in total. The van der Waals surface area contributed by atoms with Crippen molar-refractivity contribution in [3.8, 4) is 0 Å². The molecule has 13 aliphatic carbocycles. The molecule has 6 unspecified atom stereocenters. The maximum absolute atomic E-state index is 14.6. The largest absolute Gasteiger partial charge is 0.393 e. The Kier molecular flexibility index (Phi) is 32.7. The van der Waals surface area contributed by atoms with Crippen molar-refractivity contribution in [2.45, 2.75) is 339 Å². The highest BCUT2D eigenvalue weighted by molar-refractivity contribution is 7.93. The molecule has 0 saturated heterocycles. The molecule has 12 fully saturated rings. The van der Waals surface area contributed by atoms with Crippen molar-refractivity contribution in [3.05, 3.63) is 202 Å². The zero-order chi connectivity index (χ0) is 91.5. The van der Waals surface area contributed by atoms with E-state index in [0.717, 1.165) is 198 Å². The molecule has 0 bridgehead atoms. The number of rotatable bonds is 20. The van der Waals surface area contributed by atoms with Crippen LogP contribution in [0.4, 0.5) is 8.78 Å². The van der Waals surface area contributed by atoms with Crippen molar-refractivity contribution in [2.75, 3.05) is 25.0 Å². The Morgan fingerprint density at radius 1 is 0.395 bits per heavy atom. The van der Waals surface area contributed by atoms with E-state index in [-0.39, 0.29) is 63.8 Å². The second-order valence-electron chi connectivity index (χ2n) is 42.8. The smallest absolute Gasteiger partial charge is 0.225 e. The van der Waals surface area contributed by atoms with Gasteiger partial charge >= 0.3 is 0 Å². The van der Waals surface area contributed by atoms with Crippen LogP contribution in [0.5, 0.6) is 0 Å². The summed E-state index contributed by atoms with van der Waals surface area (Å²) in [5.41, 5.74) is 17.6. The Morgan fingerprint density at radius 2 is 0.694 bits per heavy atom. The molecule has 0 radical (unpaired) electrons. The van der Waals surface area contributed by atoms with Gasteiger partial charge in [0.2, 0.25) is 10.0 Å². The molecule has 124 heavy (non-hydrogen) atoms. The van der Waals surface area contributed by atoms with Gasteiger partial charge in [0.25, 0.3) is 0 Å². The SMILES string of the molecule is C=C1CC[C@H](O)C/C1=C/C=C1\CCC[C@]2(C)C(C(C)/C=C/C(C)(C)S(C)(=O)=O)CC[C@@H]12.C=C1CC[C@H](O)C/C1=C/C=C1\CCC[C@]2(C)C(C(C)/C=C/[C@@](C)(F)S(C)(=O)=O)CC[C@@H]12.C=C1CC[C@H](O)C/C1=C/C=C1\CCC[C@]2(C)C(C(C)/C=C/[C@](C)(F)S(C)(=O)=O)CC[C@@H]12.C=C1CC[C@H](O)C/C1=C/C=C1\CCC[C@]2(C)C([C@H](C)/C=C/C3(S(C)(=O)=O)CC3)=CC[C@@H]12. The third-order valence-electron chi connectivity index (χ3n) is 33.6. The number of fused-ring (bicyclic) bond motifs is 4. The predicted molar refractivity (Wildman–Crippen MR) is 511 cm³/mol. The second kappa shape index (κ2) is 40.0. The van der Waals surface area contributed by atoms with E-state index in [2.05, 4.69) is 149 Å². The number of allylic oxidation sites excluding steroid dienone is 22. The molecular weight excluding hydrogens is 1630 g/mol. The lowest BCUT2D eigenvalue weighted by Crippen LogP contribution is -2.36. The van der Waals surface area contributed by atoms with Gasteiger partial charge in [0.15, 0.2) is 39.3 Å². The normalized spacial score (nSPS) is 37.2. The molecule has 12 saturated carbocycles. The van der Waals surface area contributed by atoms with Crippen molar-refractivity contribution < 1.29 is 62.9 Å². The summed E-state index contributed by atoms with van der Waals surface area (Å²) in [4.78, 5) is 0. The number of aliphatic hydroxyl groups is 4. The fourth-order valence-corrected chi connectivity index (χ4v) is 26.7. The van der Waals surface area contributed by atoms with E-state index in [1.807, 2.05) is 12.2 Å². The Bertz CT molecular complexity index is 4420. The zero-order valence-electron chi connectivity index (χ0n) is 78.6. The Balaban J connectivity index is 0.000000173. The van der Waals surface area contributed by atoms with Crippen LogP contribution in [0.25, 0.3) is 0 Å². The quantitative estimate of drug-likeness (QED) is 0.0837. The van der Waals surface area contributed by atoms with Gasteiger partial charge in [-0.3, -0.25) is 0 Å². The first kappa shape index (κ1) is 101. The molecule has 21 atom stereocenters. The molecular formula is C106H158F2O12S4. The lowest BCUT2D eigenvalue weighted by Gasteiger charge is -2.44. The summed E-state index contributed by atoms with van der Waals surface area (Å²) >= 11 is 0. The minimum atomic E-state index is -3.79. The number of aliphatic hydroxyl groups excluding tert-OH is 4. The van der Waals surface area contributed by atoms with Crippen LogP contribution >= 0.6 is 0 Å². The van der Waals surface area contributed by atoms with Gasteiger partial charge in [0.05, 0.1) is 33.9 Å². The van der Waals surface area contributed by atoms with Crippen molar-refractivity contribution >= 4 is 39.3 Å². The first-order valence-electron chi connectivity index (χ1n) is 47.3. The molecule has 13 rings (SSSR count). The second-order valence-corrected chi connectivity index (χ2v) is 52.4. The van der Waals surface area contributed by atoms with Gasteiger partial charge in [-0.1, -0.05) is 223 Å². The fourth-order valence-electron chi connectivity index (χ4n) is 24.6.